The third-order valence-corrected chi connectivity index (χ3v) is 10.6. The number of aryl methyl sites for hydroxylation is 2. The monoisotopic (exact) mass is 599 g/mol. The van der Waals surface area contributed by atoms with Gasteiger partial charge in [0.05, 0.1) is 29.1 Å². The van der Waals surface area contributed by atoms with Gasteiger partial charge in [0.1, 0.15) is 11.6 Å². The molecule has 2 atom stereocenters. The van der Waals surface area contributed by atoms with E-state index in [1.54, 1.807) is 0 Å². The molecule has 0 radical (unpaired) electrons. The molecule has 1 saturated carbocycles. The first-order valence-corrected chi connectivity index (χ1v) is 16.7. The molecule has 1 saturated heterocycles. The molecular formula is C35H38FN3O3S. The Labute approximate surface area is 256 Å². The van der Waals surface area contributed by atoms with Crippen LogP contribution in [0, 0.1) is 36.4 Å². The number of nitrogens with one attached hydrogen (secondary N) is 1. The minimum absolute atomic E-state index is 0.0440. The van der Waals surface area contributed by atoms with Gasteiger partial charge in [-0.2, -0.15) is 11.8 Å². The van der Waals surface area contributed by atoms with Gasteiger partial charge < -0.3 is 5.32 Å². The topological polar surface area (TPSA) is 89.0 Å². The Morgan fingerprint density at radius 3 is 2.42 bits per heavy atom. The molecule has 0 bridgehead atoms. The van der Waals surface area contributed by atoms with Crippen molar-refractivity contribution in [3.05, 3.63) is 83.1 Å². The van der Waals surface area contributed by atoms with E-state index in [0.717, 1.165) is 35.6 Å². The van der Waals surface area contributed by atoms with Crippen LogP contribution in [0.25, 0.3) is 11.3 Å². The van der Waals surface area contributed by atoms with E-state index in [0.29, 0.717) is 55.5 Å². The molecule has 6 rings (SSSR count). The highest BCUT2D eigenvalue weighted by Crippen LogP contribution is 2.41. The Balaban J connectivity index is 1.20. The lowest BCUT2D eigenvalue weighted by molar-refractivity contribution is -0.129. The van der Waals surface area contributed by atoms with Gasteiger partial charge in [0.2, 0.25) is 0 Å². The number of carbonyl (C=O) groups excluding carboxylic acids is 3. The lowest BCUT2D eigenvalue weighted by Crippen LogP contribution is -2.44. The number of ketones is 2. The lowest BCUT2D eigenvalue weighted by atomic mass is 9.66. The summed E-state index contributed by atoms with van der Waals surface area (Å²) < 4.78 is 14.3. The van der Waals surface area contributed by atoms with E-state index < -0.39 is 11.7 Å². The predicted octanol–water partition coefficient (Wildman–Crippen LogP) is 6.65. The van der Waals surface area contributed by atoms with Crippen LogP contribution in [-0.4, -0.2) is 45.0 Å². The number of benzene rings is 1. The molecule has 1 aliphatic heterocycles. The molecule has 6 nitrogen and oxygen atoms in total. The van der Waals surface area contributed by atoms with Crippen molar-refractivity contribution in [2.24, 2.45) is 23.7 Å². The van der Waals surface area contributed by atoms with Gasteiger partial charge in [-0.15, -0.1) is 0 Å². The predicted molar refractivity (Wildman–Crippen MR) is 167 cm³/mol. The number of halogens is 1. The SMILES string of the molecule is Cc1ccc(C(=O)NC2CCC(C3C(=O)c4cc(F)cnc4CCC(C4CCSCC4)C3=O)CC2)c(-c2ccccc2)n1. The Hall–Kier alpha value is -3.39. The van der Waals surface area contributed by atoms with Gasteiger partial charge in [-0.05, 0) is 99.8 Å². The number of amides is 1. The van der Waals surface area contributed by atoms with Crippen LogP contribution >= 0.6 is 11.8 Å². The maximum Gasteiger partial charge on any atom is 0.253 e. The van der Waals surface area contributed by atoms with Crippen molar-refractivity contribution in [3.8, 4) is 11.3 Å². The fourth-order valence-corrected chi connectivity index (χ4v) is 8.43. The van der Waals surface area contributed by atoms with Crippen LogP contribution < -0.4 is 5.32 Å². The Kier molecular flexibility index (Phi) is 9.03. The van der Waals surface area contributed by atoms with E-state index in [4.69, 9.17) is 0 Å². The zero-order chi connectivity index (χ0) is 29.9. The summed E-state index contributed by atoms with van der Waals surface area (Å²) in [6, 6.07) is 14.6. The van der Waals surface area contributed by atoms with Gasteiger partial charge in [-0.25, -0.2) is 4.39 Å². The highest BCUT2D eigenvalue weighted by atomic mass is 32.2. The third-order valence-electron chi connectivity index (χ3n) is 9.59. The highest BCUT2D eigenvalue weighted by molar-refractivity contribution is 7.99. The molecule has 8 heteroatoms. The van der Waals surface area contributed by atoms with Crippen LogP contribution in [-0.2, 0) is 11.2 Å². The number of hydrogen-bond acceptors (Lipinski definition) is 6. The minimum Gasteiger partial charge on any atom is -0.349 e. The number of thioether (sulfide) groups is 1. The van der Waals surface area contributed by atoms with Crippen molar-refractivity contribution in [1.29, 1.82) is 0 Å². The first-order chi connectivity index (χ1) is 20.9. The van der Waals surface area contributed by atoms with E-state index in [-0.39, 0.29) is 46.8 Å². The Bertz CT molecular complexity index is 1500. The molecule has 0 spiro atoms. The summed E-state index contributed by atoms with van der Waals surface area (Å²) in [7, 11) is 0. The first kappa shape index (κ1) is 29.7. The number of rotatable bonds is 5. The van der Waals surface area contributed by atoms with Crippen LogP contribution in [0.4, 0.5) is 4.39 Å². The van der Waals surface area contributed by atoms with E-state index in [1.165, 1.54) is 12.3 Å². The molecule has 1 N–H and O–H groups in total. The van der Waals surface area contributed by atoms with E-state index in [9.17, 15) is 18.8 Å². The molecule has 3 aliphatic rings. The van der Waals surface area contributed by atoms with Crippen molar-refractivity contribution in [2.75, 3.05) is 11.5 Å². The first-order valence-electron chi connectivity index (χ1n) is 15.5. The molecule has 2 fully saturated rings. The largest absolute Gasteiger partial charge is 0.349 e. The highest BCUT2D eigenvalue weighted by Gasteiger charge is 2.44. The van der Waals surface area contributed by atoms with Gasteiger partial charge in [0.15, 0.2) is 5.78 Å². The molecule has 43 heavy (non-hydrogen) atoms. The summed E-state index contributed by atoms with van der Waals surface area (Å²) in [5, 5.41) is 3.21. The average Bonchev–Trinajstić information content (AvgIpc) is 3.03. The third kappa shape index (κ3) is 6.44. The molecule has 2 unspecified atom stereocenters. The fraction of sp³-hybridized carbons (Fsp3) is 0.457. The Morgan fingerprint density at radius 2 is 1.67 bits per heavy atom. The fourth-order valence-electron chi connectivity index (χ4n) is 7.29. The molecular weight excluding hydrogens is 561 g/mol. The summed E-state index contributed by atoms with van der Waals surface area (Å²) in [6.07, 6.45) is 6.98. The Morgan fingerprint density at radius 1 is 0.930 bits per heavy atom. The molecule has 2 aliphatic carbocycles. The van der Waals surface area contributed by atoms with Gasteiger partial charge in [0.25, 0.3) is 5.91 Å². The van der Waals surface area contributed by atoms with Crippen molar-refractivity contribution in [2.45, 2.75) is 64.3 Å². The van der Waals surface area contributed by atoms with E-state index in [2.05, 4.69) is 15.3 Å². The quantitative estimate of drug-likeness (QED) is 0.330. The van der Waals surface area contributed by atoms with Crippen LogP contribution in [0.3, 0.4) is 0 Å². The second-order valence-electron chi connectivity index (χ2n) is 12.3. The van der Waals surface area contributed by atoms with Crippen LogP contribution in [0.5, 0.6) is 0 Å². The van der Waals surface area contributed by atoms with E-state index in [1.807, 2.05) is 61.2 Å². The molecule has 2 aromatic heterocycles. The summed E-state index contributed by atoms with van der Waals surface area (Å²) in [6.45, 7) is 1.91. The summed E-state index contributed by atoms with van der Waals surface area (Å²) in [4.78, 5) is 50.7. The normalized spacial score (nSPS) is 25.0. The van der Waals surface area contributed by atoms with Crippen molar-refractivity contribution >= 4 is 29.2 Å². The molecule has 3 heterocycles. The van der Waals surface area contributed by atoms with Crippen LogP contribution in [0.15, 0.2) is 54.7 Å². The maximum absolute atomic E-state index is 14.3. The molecule has 224 valence electrons. The van der Waals surface area contributed by atoms with E-state index >= 15 is 0 Å². The van der Waals surface area contributed by atoms with Crippen LogP contribution in [0.1, 0.15) is 77.0 Å². The number of pyridine rings is 2. The minimum atomic E-state index is -0.787. The van der Waals surface area contributed by atoms with Gasteiger partial charge in [-0.3, -0.25) is 24.4 Å². The number of nitrogens with zero attached hydrogens (tertiary/aromatic N) is 2. The second kappa shape index (κ2) is 13.1. The summed E-state index contributed by atoms with van der Waals surface area (Å²) >= 11 is 1.93. The zero-order valence-corrected chi connectivity index (χ0v) is 25.4. The second-order valence-corrected chi connectivity index (χ2v) is 13.5. The van der Waals surface area contributed by atoms with Gasteiger partial charge in [0, 0.05) is 28.8 Å². The van der Waals surface area contributed by atoms with Gasteiger partial charge in [-0.1, -0.05) is 30.3 Å². The van der Waals surface area contributed by atoms with Crippen molar-refractivity contribution < 1.29 is 18.8 Å². The number of hydrogen-bond donors (Lipinski definition) is 1. The van der Waals surface area contributed by atoms with Crippen molar-refractivity contribution in [1.82, 2.24) is 15.3 Å². The smallest absolute Gasteiger partial charge is 0.253 e. The number of Topliss-reactive ketones (excluding diaryl/α,β-unsaturated/α-hetero) is 2. The molecule has 1 aromatic carbocycles. The zero-order valence-electron chi connectivity index (χ0n) is 24.6. The number of carbonyl (C=O) groups is 3. The van der Waals surface area contributed by atoms with Gasteiger partial charge >= 0.3 is 0 Å². The average molecular weight is 600 g/mol. The molecule has 1 amide bonds. The summed E-state index contributed by atoms with van der Waals surface area (Å²) in [5.74, 6) is 0.330. The lowest BCUT2D eigenvalue weighted by Gasteiger charge is -2.38. The standard InChI is InChI=1S/C35H38FN3O3S/c1-21-7-12-28(32(38-21)24-5-3-2-4-6-24)35(42)39-26-10-8-23(9-11-26)31-33(40)27(22-15-17-43-18-16-22)13-14-30-29(34(31)41)19-25(36)20-37-30/h2-7,12,19-20,22-23,26-27,31H,8-11,13-18H2,1H3,(H,39,42). The maximum atomic E-state index is 14.3. The van der Waals surface area contributed by atoms with Crippen LogP contribution in [0.2, 0.25) is 0 Å². The summed E-state index contributed by atoms with van der Waals surface area (Å²) in [5.41, 5.74) is 3.80. The number of fused-ring (bicyclic) bond motifs is 1. The number of aromatic nitrogens is 2. The molecule has 3 aromatic rings. The van der Waals surface area contributed by atoms with Crippen molar-refractivity contribution in [3.63, 3.8) is 0 Å².